The maximum Gasteiger partial charge on any atom is 0.354 e. The lowest BCUT2D eigenvalue weighted by Gasteiger charge is -2.11. The first-order valence-corrected chi connectivity index (χ1v) is 8.38. The normalized spacial score (nSPS) is 11.3. The number of nitrogens with one attached hydrogen (secondary N) is 2. The fraction of sp³-hybridized carbons (Fsp3) is 0.105. The summed E-state index contributed by atoms with van der Waals surface area (Å²) in [5, 5.41) is 3.61. The van der Waals surface area contributed by atoms with Crippen LogP contribution in [0.15, 0.2) is 54.6 Å². The Morgan fingerprint density at radius 2 is 1.73 bits per heavy atom. The van der Waals surface area contributed by atoms with E-state index >= 15 is 0 Å². The second-order valence-corrected chi connectivity index (χ2v) is 6.13. The highest BCUT2D eigenvalue weighted by molar-refractivity contribution is 6.31. The monoisotopic (exact) mass is 368 g/mol. The van der Waals surface area contributed by atoms with Crippen LogP contribution in [0.1, 0.15) is 11.4 Å². The van der Waals surface area contributed by atoms with Gasteiger partial charge in [0.25, 0.3) is 5.96 Å². The van der Waals surface area contributed by atoms with Gasteiger partial charge in [0.1, 0.15) is 11.4 Å². The standard InChI is InChI=1S/C19H18ClN5O/c1-12-10-13(2)23-19(22-12)25-18(21)24-16-11-14(20)8-9-17(16)26-15-6-4-3-5-7-15/h3-11H,1-2H3,(H3,21,22,23,24,25)/p+1. The smallest absolute Gasteiger partial charge is 0.354 e. The maximum atomic E-state index is 6.11. The van der Waals surface area contributed by atoms with E-state index in [4.69, 9.17) is 22.1 Å². The quantitative estimate of drug-likeness (QED) is 0.487. The SMILES string of the molecule is Cc1cc(C)nc([NH+]=C(N)Nc2cc(Cl)ccc2Oc2ccccc2)n1. The summed E-state index contributed by atoms with van der Waals surface area (Å²) in [7, 11) is 0. The first-order valence-electron chi connectivity index (χ1n) is 8.01. The molecule has 0 radical (unpaired) electrons. The van der Waals surface area contributed by atoms with Crippen LogP contribution in [0.4, 0.5) is 11.6 Å². The van der Waals surface area contributed by atoms with Gasteiger partial charge in [-0.1, -0.05) is 29.8 Å². The second kappa shape index (κ2) is 7.84. The van der Waals surface area contributed by atoms with Gasteiger partial charge in [0, 0.05) is 11.1 Å². The number of aromatic nitrogens is 2. The molecular formula is C19H19ClN5O+. The average molecular weight is 369 g/mol. The molecule has 0 saturated heterocycles. The number of rotatable bonds is 4. The van der Waals surface area contributed by atoms with Gasteiger partial charge in [0.2, 0.25) is 0 Å². The lowest BCUT2D eigenvalue weighted by Crippen LogP contribution is -2.72. The Bertz CT molecular complexity index is 924. The molecule has 4 N–H and O–H groups in total. The van der Waals surface area contributed by atoms with Crippen LogP contribution in [0.3, 0.4) is 0 Å². The van der Waals surface area contributed by atoms with Crippen molar-refractivity contribution >= 4 is 29.2 Å². The first kappa shape index (κ1) is 17.7. The van der Waals surface area contributed by atoms with E-state index in [1.54, 1.807) is 18.2 Å². The highest BCUT2D eigenvalue weighted by Gasteiger charge is 2.11. The topological polar surface area (TPSA) is 87.0 Å². The van der Waals surface area contributed by atoms with E-state index < -0.39 is 0 Å². The summed E-state index contributed by atoms with van der Waals surface area (Å²) in [5.74, 6) is 1.98. The number of hydrogen-bond donors (Lipinski definition) is 3. The van der Waals surface area contributed by atoms with Crippen LogP contribution < -0.4 is 20.8 Å². The highest BCUT2D eigenvalue weighted by atomic mass is 35.5. The number of nitrogens with two attached hydrogens (primary N) is 1. The van der Waals surface area contributed by atoms with Crippen molar-refractivity contribution in [2.45, 2.75) is 13.8 Å². The van der Waals surface area contributed by atoms with Gasteiger partial charge in [-0.25, -0.2) is 4.99 Å². The summed E-state index contributed by atoms with van der Waals surface area (Å²) in [5.41, 5.74) is 8.39. The number of halogens is 1. The van der Waals surface area contributed by atoms with Crippen molar-refractivity contribution in [3.05, 3.63) is 71.0 Å². The van der Waals surface area contributed by atoms with E-state index in [-0.39, 0.29) is 5.96 Å². The van der Waals surface area contributed by atoms with Crippen molar-refractivity contribution in [1.29, 1.82) is 0 Å². The van der Waals surface area contributed by atoms with Crippen LogP contribution in [-0.2, 0) is 0 Å². The van der Waals surface area contributed by atoms with E-state index in [0.29, 0.717) is 28.2 Å². The molecule has 0 saturated carbocycles. The van der Waals surface area contributed by atoms with Gasteiger partial charge < -0.3 is 10.5 Å². The number of hydrogen-bond acceptors (Lipinski definition) is 3. The van der Waals surface area contributed by atoms with Crippen LogP contribution in [0.25, 0.3) is 0 Å². The third-order valence-electron chi connectivity index (χ3n) is 3.41. The van der Waals surface area contributed by atoms with Gasteiger partial charge in [-0.2, -0.15) is 0 Å². The third-order valence-corrected chi connectivity index (χ3v) is 3.65. The van der Waals surface area contributed by atoms with Crippen molar-refractivity contribution < 1.29 is 9.73 Å². The zero-order valence-electron chi connectivity index (χ0n) is 14.5. The number of benzene rings is 2. The molecule has 0 aliphatic carbocycles. The lowest BCUT2D eigenvalue weighted by atomic mass is 10.3. The van der Waals surface area contributed by atoms with E-state index in [0.717, 1.165) is 11.4 Å². The molecule has 0 bridgehead atoms. The van der Waals surface area contributed by atoms with E-state index in [1.807, 2.05) is 50.2 Å². The summed E-state index contributed by atoms with van der Waals surface area (Å²) >= 11 is 6.11. The van der Waals surface area contributed by atoms with Gasteiger partial charge in [-0.3, -0.25) is 5.32 Å². The Balaban J connectivity index is 1.86. The number of nitrogens with zero attached hydrogens (tertiary/aromatic N) is 2. The van der Waals surface area contributed by atoms with Gasteiger partial charge in [0.05, 0.1) is 11.4 Å². The summed E-state index contributed by atoms with van der Waals surface area (Å²) in [6.07, 6.45) is 0. The molecule has 132 valence electrons. The minimum Gasteiger partial charge on any atom is -0.454 e. The Morgan fingerprint density at radius 1 is 1.04 bits per heavy atom. The first-order chi connectivity index (χ1) is 12.5. The number of anilines is 1. The van der Waals surface area contributed by atoms with Crippen molar-refractivity contribution in [2.24, 2.45) is 5.73 Å². The molecule has 26 heavy (non-hydrogen) atoms. The van der Waals surface area contributed by atoms with E-state index in [9.17, 15) is 0 Å². The molecule has 1 heterocycles. The molecule has 0 aliphatic heterocycles. The third kappa shape index (κ3) is 4.70. The zero-order chi connectivity index (χ0) is 18.5. The van der Waals surface area contributed by atoms with Gasteiger partial charge in [-0.15, -0.1) is 9.97 Å². The Morgan fingerprint density at radius 3 is 2.42 bits per heavy atom. The van der Waals surface area contributed by atoms with Crippen LogP contribution in [0.5, 0.6) is 11.5 Å². The van der Waals surface area contributed by atoms with Crippen molar-refractivity contribution in [3.8, 4) is 11.5 Å². The fourth-order valence-electron chi connectivity index (χ4n) is 2.38. The van der Waals surface area contributed by atoms with Crippen molar-refractivity contribution in [1.82, 2.24) is 9.97 Å². The van der Waals surface area contributed by atoms with Crippen LogP contribution in [0, 0.1) is 13.8 Å². The zero-order valence-corrected chi connectivity index (χ0v) is 15.2. The molecular weight excluding hydrogens is 350 g/mol. The molecule has 3 aromatic rings. The van der Waals surface area contributed by atoms with Crippen LogP contribution in [0.2, 0.25) is 5.02 Å². The lowest BCUT2D eigenvalue weighted by molar-refractivity contribution is -0.365. The summed E-state index contributed by atoms with van der Waals surface area (Å²) in [4.78, 5) is 11.6. The number of ether oxygens (including phenoxy) is 1. The molecule has 0 spiro atoms. The molecule has 6 nitrogen and oxygen atoms in total. The van der Waals surface area contributed by atoms with E-state index in [1.165, 1.54) is 0 Å². The van der Waals surface area contributed by atoms with Gasteiger partial charge in [-0.05, 0) is 44.2 Å². The Labute approximate surface area is 156 Å². The number of guanidine groups is 1. The average Bonchev–Trinajstić information content (AvgIpc) is 2.57. The minimum atomic E-state index is 0.259. The molecule has 1 aromatic heterocycles. The molecule has 0 unspecified atom stereocenters. The van der Waals surface area contributed by atoms with Crippen molar-refractivity contribution in [2.75, 3.05) is 5.32 Å². The molecule has 0 amide bonds. The summed E-state index contributed by atoms with van der Waals surface area (Å²) in [6, 6.07) is 16.6. The summed E-state index contributed by atoms with van der Waals surface area (Å²) in [6.45, 7) is 3.79. The largest absolute Gasteiger partial charge is 0.454 e. The molecule has 0 aliphatic rings. The van der Waals surface area contributed by atoms with Gasteiger partial charge in [0.15, 0.2) is 5.75 Å². The summed E-state index contributed by atoms with van der Waals surface area (Å²) < 4.78 is 5.90. The van der Waals surface area contributed by atoms with Crippen LogP contribution >= 0.6 is 11.6 Å². The Kier molecular flexibility index (Phi) is 5.34. The molecule has 3 rings (SSSR count). The minimum absolute atomic E-state index is 0.259. The van der Waals surface area contributed by atoms with Crippen LogP contribution in [-0.4, -0.2) is 15.9 Å². The van der Waals surface area contributed by atoms with Gasteiger partial charge >= 0.3 is 5.95 Å². The number of para-hydroxylation sites is 1. The predicted octanol–water partition coefficient (Wildman–Crippen LogP) is 2.68. The Hall–Kier alpha value is -3.12. The predicted molar refractivity (Wildman–Crippen MR) is 103 cm³/mol. The van der Waals surface area contributed by atoms with Crippen molar-refractivity contribution in [3.63, 3.8) is 0 Å². The molecule has 0 atom stereocenters. The highest BCUT2D eigenvalue weighted by Crippen LogP contribution is 2.31. The van der Waals surface area contributed by atoms with E-state index in [2.05, 4.69) is 20.3 Å². The molecule has 2 aromatic carbocycles. The fourth-order valence-corrected chi connectivity index (χ4v) is 2.56. The maximum absolute atomic E-state index is 6.11. The molecule has 7 heteroatoms. The molecule has 0 fully saturated rings. The number of aryl methyl sites for hydroxylation is 2. The second-order valence-electron chi connectivity index (χ2n) is 5.69.